The van der Waals surface area contributed by atoms with E-state index in [0.717, 1.165) is 9.13 Å². The van der Waals surface area contributed by atoms with Gasteiger partial charge in [-0.3, -0.25) is 4.79 Å². The van der Waals surface area contributed by atoms with Gasteiger partial charge in [0.2, 0.25) is 0 Å². The van der Waals surface area contributed by atoms with E-state index in [9.17, 15) is 4.79 Å². The van der Waals surface area contributed by atoms with Crippen molar-refractivity contribution in [1.82, 2.24) is 0 Å². The van der Waals surface area contributed by atoms with E-state index in [0.29, 0.717) is 10.6 Å². The van der Waals surface area contributed by atoms with E-state index in [1.54, 1.807) is 0 Å². The van der Waals surface area contributed by atoms with Gasteiger partial charge >= 0.3 is 0 Å². The van der Waals surface area contributed by atoms with Crippen LogP contribution < -0.4 is 0 Å². The summed E-state index contributed by atoms with van der Waals surface area (Å²) in [5.41, 5.74) is 1.42. The average Bonchev–Trinajstić information content (AvgIpc) is 2.12. The summed E-state index contributed by atoms with van der Waals surface area (Å²) in [5.74, 6) is -0.150. The largest absolute Gasteiger partial charge is 0.293 e. The van der Waals surface area contributed by atoms with Crippen molar-refractivity contribution in [3.63, 3.8) is 0 Å². The molecule has 4 heteroatoms. The van der Waals surface area contributed by atoms with Crippen molar-refractivity contribution in [3.05, 3.63) is 31.9 Å². The Hall–Kier alpha value is 0.200. The highest BCUT2D eigenvalue weighted by Gasteiger charge is 2.14. The molecule has 0 saturated heterocycles. The van der Waals surface area contributed by atoms with E-state index in [2.05, 4.69) is 22.6 Å². The van der Waals surface area contributed by atoms with Gasteiger partial charge in [-0.1, -0.05) is 17.7 Å². The number of alkyl halides is 1. The molecule has 0 unspecified atom stereocenters. The number of Topliss-reactive ketones (excluding diaryl/α,β-unsaturated/α-hetero) is 1. The van der Waals surface area contributed by atoms with E-state index in [1.807, 2.05) is 19.1 Å². The number of ketones is 1. The maximum absolute atomic E-state index is 11.4. The zero-order valence-electron chi connectivity index (χ0n) is 6.90. The predicted octanol–water partition coefficient (Wildman–Crippen LogP) is 3.67. The number of aryl methyl sites for hydroxylation is 1. The van der Waals surface area contributed by atoms with Gasteiger partial charge in [-0.2, -0.15) is 0 Å². The molecule has 0 aliphatic heterocycles. The Morgan fingerprint density at radius 2 is 2.15 bits per heavy atom. The molecule has 1 nitrogen and oxygen atoms in total. The molecular formula is C9H7Cl2IO. The first-order chi connectivity index (χ1) is 6.07. The predicted molar refractivity (Wildman–Crippen MR) is 64.0 cm³/mol. The van der Waals surface area contributed by atoms with Crippen LogP contribution in [0.1, 0.15) is 15.9 Å². The Bertz CT molecular complexity index is 350. The molecule has 13 heavy (non-hydrogen) atoms. The van der Waals surface area contributed by atoms with Crippen LogP contribution in [-0.2, 0) is 0 Å². The highest BCUT2D eigenvalue weighted by Crippen LogP contribution is 2.26. The van der Waals surface area contributed by atoms with E-state index in [1.165, 1.54) is 0 Å². The zero-order valence-corrected chi connectivity index (χ0v) is 10.6. The van der Waals surface area contributed by atoms with Gasteiger partial charge in [0.1, 0.15) is 0 Å². The molecular weight excluding hydrogens is 322 g/mol. The number of hydrogen-bond donors (Lipinski definition) is 0. The van der Waals surface area contributed by atoms with E-state index < -0.39 is 0 Å². The highest BCUT2D eigenvalue weighted by molar-refractivity contribution is 14.1. The molecule has 0 fully saturated rings. The molecule has 0 amide bonds. The van der Waals surface area contributed by atoms with Gasteiger partial charge in [-0.25, -0.2) is 0 Å². The Kier molecular flexibility index (Phi) is 4.01. The van der Waals surface area contributed by atoms with Crippen molar-refractivity contribution in [3.8, 4) is 0 Å². The lowest BCUT2D eigenvalue weighted by molar-refractivity contribution is 0.102. The normalized spacial score (nSPS) is 10.2. The molecule has 0 N–H and O–H groups in total. The fraction of sp³-hybridized carbons (Fsp3) is 0.222. The lowest BCUT2D eigenvalue weighted by Crippen LogP contribution is -2.04. The summed E-state index contributed by atoms with van der Waals surface area (Å²) in [6.07, 6.45) is 0. The molecule has 70 valence electrons. The van der Waals surface area contributed by atoms with Gasteiger partial charge in [0.05, 0.1) is 10.9 Å². The van der Waals surface area contributed by atoms with Crippen LogP contribution in [0.2, 0.25) is 5.02 Å². The van der Waals surface area contributed by atoms with Crippen LogP contribution >= 0.6 is 45.8 Å². The van der Waals surface area contributed by atoms with Gasteiger partial charge in [0.25, 0.3) is 0 Å². The van der Waals surface area contributed by atoms with Crippen molar-refractivity contribution in [2.24, 2.45) is 0 Å². The molecule has 0 bridgehead atoms. The van der Waals surface area contributed by atoms with Crippen LogP contribution in [0.4, 0.5) is 0 Å². The van der Waals surface area contributed by atoms with Crippen LogP contribution in [0.5, 0.6) is 0 Å². The maximum Gasteiger partial charge on any atom is 0.179 e. The molecule has 0 heterocycles. The number of halogens is 3. The summed E-state index contributed by atoms with van der Waals surface area (Å²) in [7, 11) is 0. The number of carbonyl (C=O) groups is 1. The molecule has 0 aromatic heterocycles. The van der Waals surface area contributed by atoms with E-state index >= 15 is 0 Å². The third kappa shape index (κ3) is 2.36. The van der Waals surface area contributed by atoms with Gasteiger partial charge in [0.15, 0.2) is 5.78 Å². The SMILES string of the molecule is Cc1ccc(I)c(Cl)c1C(=O)CCl. The molecule has 0 spiro atoms. The molecule has 0 atom stereocenters. The van der Waals surface area contributed by atoms with Gasteiger partial charge in [0, 0.05) is 9.13 Å². The quantitative estimate of drug-likeness (QED) is 0.460. The molecule has 1 aromatic rings. The highest BCUT2D eigenvalue weighted by atomic mass is 127. The Labute approximate surface area is 101 Å². The van der Waals surface area contributed by atoms with Gasteiger partial charge < -0.3 is 0 Å². The van der Waals surface area contributed by atoms with Gasteiger partial charge in [-0.05, 0) is 41.1 Å². The first-order valence-corrected chi connectivity index (χ1v) is 5.60. The first kappa shape index (κ1) is 11.3. The minimum Gasteiger partial charge on any atom is -0.293 e. The van der Waals surface area contributed by atoms with Crippen molar-refractivity contribution in [1.29, 1.82) is 0 Å². The summed E-state index contributed by atoms with van der Waals surface area (Å²) in [4.78, 5) is 11.4. The summed E-state index contributed by atoms with van der Waals surface area (Å²) >= 11 is 13.5. The second kappa shape index (κ2) is 4.62. The van der Waals surface area contributed by atoms with Crippen molar-refractivity contribution >= 4 is 51.6 Å². The summed E-state index contributed by atoms with van der Waals surface area (Å²) in [5, 5.41) is 0.506. The van der Waals surface area contributed by atoms with Crippen LogP contribution in [0.15, 0.2) is 12.1 Å². The summed E-state index contributed by atoms with van der Waals surface area (Å²) < 4.78 is 0.873. The van der Waals surface area contributed by atoms with E-state index in [4.69, 9.17) is 23.2 Å². The maximum atomic E-state index is 11.4. The Morgan fingerprint density at radius 1 is 1.54 bits per heavy atom. The van der Waals surface area contributed by atoms with Gasteiger partial charge in [-0.15, -0.1) is 11.6 Å². The zero-order chi connectivity index (χ0) is 10.0. The molecule has 1 rings (SSSR count). The van der Waals surface area contributed by atoms with Crippen molar-refractivity contribution in [2.75, 3.05) is 5.88 Å². The molecule has 0 aliphatic rings. The van der Waals surface area contributed by atoms with Crippen LogP contribution in [0.25, 0.3) is 0 Å². The third-order valence-electron chi connectivity index (χ3n) is 1.70. The van der Waals surface area contributed by atoms with E-state index in [-0.39, 0.29) is 11.7 Å². The monoisotopic (exact) mass is 328 g/mol. The number of benzene rings is 1. The van der Waals surface area contributed by atoms with Crippen LogP contribution in [0, 0.1) is 10.5 Å². The smallest absolute Gasteiger partial charge is 0.179 e. The minimum atomic E-state index is -0.123. The summed E-state index contributed by atoms with van der Waals surface area (Å²) in [6, 6.07) is 3.75. The second-order valence-corrected chi connectivity index (χ2v) is 4.42. The Morgan fingerprint density at radius 3 is 2.69 bits per heavy atom. The first-order valence-electron chi connectivity index (χ1n) is 3.61. The Balaban J connectivity index is 3.33. The average molecular weight is 329 g/mol. The van der Waals surface area contributed by atoms with Crippen molar-refractivity contribution in [2.45, 2.75) is 6.92 Å². The summed E-state index contributed by atoms with van der Waals surface area (Å²) in [6.45, 7) is 1.85. The lowest BCUT2D eigenvalue weighted by atomic mass is 10.1. The number of rotatable bonds is 2. The van der Waals surface area contributed by atoms with Crippen LogP contribution in [-0.4, -0.2) is 11.7 Å². The third-order valence-corrected chi connectivity index (χ3v) is 3.56. The lowest BCUT2D eigenvalue weighted by Gasteiger charge is -2.06. The number of carbonyl (C=O) groups excluding carboxylic acids is 1. The fourth-order valence-corrected chi connectivity index (χ4v) is 1.96. The van der Waals surface area contributed by atoms with Crippen LogP contribution in [0.3, 0.4) is 0 Å². The minimum absolute atomic E-state index is 0.0271. The number of hydrogen-bond acceptors (Lipinski definition) is 1. The standard InChI is InChI=1S/C9H7Cl2IO/c1-5-2-3-6(12)9(11)8(5)7(13)4-10/h2-3H,4H2,1H3. The fourth-order valence-electron chi connectivity index (χ4n) is 1.06. The topological polar surface area (TPSA) is 17.1 Å². The van der Waals surface area contributed by atoms with Crippen molar-refractivity contribution < 1.29 is 4.79 Å². The molecule has 0 aliphatic carbocycles. The molecule has 1 aromatic carbocycles. The second-order valence-electron chi connectivity index (χ2n) is 2.61. The molecule has 0 saturated carbocycles. The molecule has 0 radical (unpaired) electrons.